The maximum absolute atomic E-state index is 12.8. The molecule has 0 aliphatic carbocycles. The molecule has 404 valence electrons. The summed E-state index contributed by atoms with van der Waals surface area (Å²) in [6.07, 6.45) is 89.1. The van der Waals surface area contributed by atoms with E-state index in [0.717, 1.165) is 154 Å². The van der Waals surface area contributed by atoms with Crippen LogP contribution in [-0.4, -0.2) is 37.2 Å². The molecule has 6 heteroatoms. The highest BCUT2D eigenvalue weighted by atomic mass is 16.6. The van der Waals surface area contributed by atoms with Crippen LogP contribution >= 0.6 is 0 Å². The highest BCUT2D eigenvalue weighted by Crippen LogP contribution is 2.11. The van der Waals surface area contributed by atoms with Crippen LogP contribution in [0.3, 0.4) is 0 Å². The summed E-state index contributed by atoms with van der Waals surface area (Å²) >= 11 is 0. The molecule has 0 rings (SSSR count). The van der Waals surface area contributed by atoms with Gasteiger partial charge in [-0.1, -0.05) is 229 Å². The van der Waals surface area contributed by atoms with E-state index in [-0.39, 0.29) is 38.0 Å². The number of carbonyl (C=O) groups is 3. The minimum absolute atomic E-state index is 0.0749. The SMILES string of the molecule is CC/C=C\C/C=C\C/C=C\C/C=C\C/C=C\C/C=C\C/C=C\CCCCCC(=O)OCC(COC(=O)CCCCCCC/C=C\C/C=C\C/C=C\CC)OC(=O)C/C=C\C/C=C\C/C=C\C/C=C\C/C=C\CC. The van der Waals surface area contributed by atoms with Gasteiger partial charge in [-0.2, -0.15) is 0 Å². The van der Waals surface area contributed by atoms with Gasteiger partial charge in [-0.05, 0) is 135 Å². The van der Waals surface area contributed by atoms with Gasteiger partial charge in [0.25, 0.3) is 0 Å². The molecule has 0 radical (unpaired) electrons. The normalized spacial score (nSPS) is 13.5. The molecule has 0 aromatic heterocycles. The van der Waals surface area contributed by atoms with Crippen LogP contribution in [0.2, 0.25) is 0 Å². The van der Waals surface area contributed by atoms with E-state index in [2.05, 4.69) is 191 Å². The molecule has 0 spiro atoms. The van der Waals surface area contributed by atoms with Gasteiger partial charge in [-0.25, -0.2) is 0 Å². The number of allylic oxidation sites excluding steroid dienone is 29. The second-order valence-electron chi connectivity index (χ2n) is 17.7. The Hall–Kier alpha value is -5.49. The third kappa shape index (κ3) is 57.3. The van der Waals surface area contributed by atoms with E-state index < -0.39 is 12.1 Å². The zero-order valence-corrected chi connectivity index (χ0v) is 46.1. The van der Waals surface area contributed by atoms with E-state index in [9.17, 15) is 14.4 Å². The van der Waals surface area contributed by atoms with Crippen molar-refractivity contribution in [3.8, 4) is 0 Å². The first kappa shape index (κ1) is 67.5. The maximum Gasteiger partial charge on any atom is 0.310 e. The van der Waals surface area contributed by atoms with E-state index in [1.54, 1.807) is 6.08 Å². The van der Waals surface area contributed by atoms with E-state index in [0.29, 0.717) is 12.8 Å². The number of ether oxygens (including phenoxy) is 3. The lowest BCUT2D eigenvalue weighted by Gasteiger charge is -2.18. The molecule has 0 saturated carbocycles. The average Bonchev–Trinajstić information content (AvgIpc) is 3.39. The molecule has 0 aliphatic heterocycles. The lowest BCUT2D eigenvalue weighted by atomic mass is 10.1. The van der Waals surface area contributed by atoms with Crippen molar-refractivity contribution in [3.05, 3.63) is 182 Å². The van der Waals surface area contributed by atoms with Crippen molar-refractivity contribution < 1.29 is 28.6 Å². The molecule has 0 bridgehead atoms. The highest BCUT2D eigenvalue weighted by Gasteiger charge is 2.19. The Labute approximate surface area is 446 Å². The predicted molar refractivity (Wildman–Crippen MR) is 315 cm³/mol. The molecule has 1 atom stereocenters. The van der Waals surface area contributed by atoms with Gasteiger partial charge in [0.1, 0.15) is 13.2 Å². The van der Waals surface area contributed by atoms with Crippen molar-refractivity contribution in [3.63, 3.8) is 0 Å². The van der Waals surface area contributed by atoms with Gasteiger partial charge in [0.2, 0.25) is 0 Å². The summed E-state index contributed by atoms with van der Waals surface area (Å²) in [5.41, 5.74) is 0. The van der Waals surface area contributed by atoms with E-state index in [4.69, 9.17) is 14.2 Å². The van der Waals surface area contributed by atoms with Crippen LogP contribution in [0.1, 0.15) is 201 Å². The van der Waals surface area contributed by atoms with Crippen molar-refractivity contribution in [1.82, 2.24) is 0 Å². The monoisotopic (exact) mass is 1000 g/mol. The fraction of sp³-hybridized carbons (Fsp3) is 0.507. The zero-order chi connectivity index (χ0) is 52.9. The van der Waals surface area contributed by atoms with Gasteiger partial charge in [-0.3, -0.25) is 14.4 Å². The molecule has 0 N–H and O–H groups in total. The first-order valence-corrected chi connectivity index (χ1v) is 28.3. The highest BCUT2D eigenvalue weighted by molar-refractivity contribution is 5.72. The van der Waals surface area contributed by atoms with E-state index in [1.165, 1.54) is 0 Å². The Morgan fingerprint density at radius 1 is 0.288 bits per heavy atom. The molecule has 6 nitrogen and oxygen atoms in total. The second kappa shape index (κ2) is 59.1. The van der Waals surface area contributed by atoms with Crippen molar-refractivity contribution in [2.75, 3.05) is 13.2 Å². The molecule has 0 amide bonds. The molecule has 73 heavy (non-hydrogen) atoms. The van der Waals surface area contributed by atoms with Gasteiger partial charge in [0, 0.05) is 12.8 Å². The van der Waals surface area contributed by atoms with E-state index >= 15 is 0 Å². The number of rotatable bonds is 48. The summed E-state index contributed by atoms with van der Waals surface area (Å²) in [7, 11) is 0. The second-order valence-corrected chi connectivity index (χ2v) is 17.7. The summed E-state index contributed by atoms with van der Waals surface area (Å²) in [5, 5.41) is 0. The van der Waals surface area contributed by atoms with Crippen LogP contribution in [-0.2, 0) is 28.6 Å². The summed E-state index contributed by atoms with van der Waals surface area (Å²) in [6.45, 7) is 6.14. The smallest absolute Gasteiger partial charge is 0.310 e. The number of carbonyl (C=O) groups excluding carboxylic acids is 3. The van der Waals surface area contributed by atoms with Crippen LogP contribution < -0.4 is 0 Å². The Kier molecular flexibility index (Phi) is 54.6. The van der Waals surface area contributed by atoms with Gasteiger partial charge in [0.15, 0.2) is 6.10 Å². The van der Waals surface area contributed by atoms with Gasteiger partial charge < -0.3 is 14.2 Å². The molecular weight excluding hydrogens is 901 g/mol. The number of hydrogen-bond acceptors (Lipinski definition) is 6. The topological polar surface area (TPSA) is 78.9 Å². The summed E-state index contributed by atoms with van der Waals surface area (Å²) < 4.78 is 16.7. The van der Waals surface area contributed by atoms with Crippen molar-refractivity contribution in [1.29, 1.82) is 0 Å². The molecule has 0 aliphatic rings. The van der Waals surface area contributed by atoms with Crippen LogP contribution in [0.4, 0.5) is 0 Å². The lowest BCUT2D eigenvalue weighted by molar-refractivity contribution is -0.166. The summed E-state index contributed by atoms with van der Waals surface area (Å²) in [5.74, 6) is -1.14. The quantitative estimate of drug-likeness (QED) is 0.0262. The van der Waals surface area contributed by atoms with Gasteiger partial charge >= 0.3 is 17.9 Å². The average molecular weight is 1000 g/mol. The standard InChI is InChI=1S/C67H100O6/c1-4-7-10-13-16-19-22-25-28-29-30-31-32-33-34-35-36-37-40-42-45-48-51-54-57-60-66(69)72-63-64(73-67(70)61-58-55-52-49-46-43-39-27-24-21-18-15-12-9-6-3)62-71-65(68)59-56-53-50-47-44-41-38-26-23-20-17-14-11-8-5-2/h7-12,16-21,25-28,30-31,33-34,36-39,42,45-46,49,55,58,64H,4-6,13-15,22-24,29,32,35,40-41,43-44,47-48,50-54,56-57,59-63H2,1-3H3/b10-7-,11-8-,12-9-,19-16-,20-17-,21-18-,28-25-,31-30-,34-33-,37-36-,38-26-,39-27-,45-42-,49-46-,58-55-. The Bertz CT molecular complexity index is 1770. The minimum atomic E-state index is -0.865. The maximum atomic E-state index is 12.8. The van der Waals surface area contributed by atoms with Crippen LogP contribution in [0, 0.1) is 0 Å². The Morgan fingerprint density at radius 2 is 0.534 bits per heavy atom. The molecular formula is C67H100O6. The van der Waals surface area contributed by atoms with Crippen molar-refractivity contribution >= 4 is 17.9 Å². The minimum Gasteiger partial charge on any atom is -0.462 e. The van der Waals surface area contributed by atoms with Gasteiger partial charge in [0.05, 0.1) is 6.42 Å². The third-order valence-electron chi connectivity index (χ3n) is 10.9. The third-order valence-corrected chi connectivity index (χ3v) is 10.9. The number of unbranched alkanes of at least 4 members (excludes halogenated alkanes) is 8. The first-order chi connectivity index (χ1) is 36.0. The molecule has 0 aromatic rings. The summed E-state index contributed by atoms with van der Waals surface area (Å²) in [6, 6.07) is 0. The Morgan fingerprint density at radius 3 is 0.849 bits per heavy atom. The predicted octanol–water partition coefficient (Wildman–Crippen LogP) is 19.3. The lowest BCUT2D eigenvalue weighted by Crippen LogP contribution is -2.30. The largest absolute Gasteiger partial charge is 0.462 e. The number of esters is 3. The molecule has 0 saturated heterocycles. The van der Waals surface area contributed by atoms with Crippen molar-refractivity contribution in [2.45, 2.75) is 207 Å². The fourth-order valence-electron chi connectivity index (χ4n) is 6.80. The van der Waals surface area contributed by atoms with Crippen LogP contribution in [0.25, 0.3) is 0 Å². The molecule has 1 unspecified atom stereocenters. The van der Waals surface area contributed by atoms with Crippen LogP contribution in [0.15, 0.2) is 182 Å². The fourth-order valence-corrected chi connectivity index (χ4v) is 6.80. The van der Waals surface area contributed by atoms with Crippen LogP contribution in [0.5, 0.6) is 0 Å². The van der Waals surface area contributed by atoms with E-state index in [1.807, 2.05) is 6.08 Å². The molecule has 0 fully saturated rings. The molecule has 0 aromatic carbocycles. The zero-order valence-electron chi connectivity index (χ0n) is 46.1. The van der Waals surface area contributed by atoms with Gasteiger partial charge in [-0.15, -0.1) is 0 Å². The van der Waals surface area contributed by atoms with Crippen molar-refractivity contribution in [2.24, 2.45) is 0 Å². The Balaban J connectivity index is 4.58. The first-order valence-electron chi connectivity index (χ1n) is 28.3. The number of hydrogen-bond donors (Lipinski definition) is 0. The molecule has 0 heterocycles. The summed E-state index contributed by atoms with van der Waals surface area (Å²) in [4.78, 5) is 38.1.